The summed E-state index contributed by atoms with van der Waals surface area (Å²) in [4.78, 5) is 13.5. The molecule has 0 aromatic rings. The average Bonchev–Trinajstić information content (AvgIpc) is 0.778. The van der Waals surface area contributed by atoms with Gasteiger partial charge < -0.3 is 89.9 Å². The van der Waals surface area contributed by atoms with Gasteiger partial charge in [-0.25, -0.2) is 0 Å². The predicted molar refractivity (Wildman–Crippen MR) is 466 cm³/mol. The van der Waals surface area contributed by atoms with Crippen molar-refractivity contribution in [1.82, 2.24) is 5.32 Å². The third-order valence-corrected chi connectivity index (χ3v) is 21.9. The van der Waals surface area contributed by atoms with E-state index in [9.17, 15) is 61.0 Å². The minimum atomic E-state index is -1.99. The Morgan fingerprint density at radius 2 is 0.609 bits per heavy atom. The van der Waals surface area contributed by atoms with E-state index in [1.807, 2.05) is 6.08 Å². The summed E-state index contributed by atoms with van der Waals surface area (Å²) in [5.74, 6) is -0.288. The molecule has 3 aliphatic rings. The molecule has 3 rings (SSSR count). The Kier molecular flexibility index (Phi) is 67.5. The third-order valence-electron chi connectivity index (χ3n) is 21.9. The molecule has 19 heteroatoms. The molecule has 3 saturated heterocycles. The highest BCUT2D eigenvalue weighted by Crippen LogP contribution is 2.33. The molecule has 0 aromatic heterocycles. The number of unbranched alkanes of at least 4 members (excludes halogenated alkanes) is 37. The number of carbonyl (C=O) groups excluding carboxylic acids is 1. The number of allylic oxidation sites excluding steroid dienone is 21. The molecular weight excluding hydrogens is 1460 g/mol. The second-order valence-electron chi connectivity index (χ2n) is 32.0. The third kappa shape index (κ3) is 52.0. The second kappa shape index (κ2) is 73.8. The SMILES string of the molecule is CC/C=C\C/C=C\C/C=C\C/C=C\C/C=C\C/C=C\C/C=C\C/C=C\C/C=C\CCCCCCCCCCCCCCCC(=O)NC(COC1OC(CO)C(OC2OC(CO)C(OC3OC(CO)C(O)C(O)C3O)C(O)C2O)C(O)C1O)C(O)/C=C/CC/C=C/CCCCCCCCCCCCCCCCCCCCCCCCC. The first-order chi connectivity index (χ1) is 56.3. The molecule has 3 fully saturated rings. The van der Waals surface area contributed by atoms with Crippen LogP contribution in [-0.2, 0) is 33.2 Å². The molecule has 662 valence electrons. The van der Waals surface area contributed by atoms with Gasteiger partial charge in [-0.2, -0.15) is 0 Å². The van der Waals surface area contributed by atoms with Crippen molar-refractivity contribution in [3.63, 3.8) is 0 Å². The van der Waals surface area contributed by atoms with Crippen LogP contribution in [0.3, 0.4) is 0 Å². The van der Waals surface area contributed by atoms with Crippen LogP contribution >= 0.6 is 0 Å². The number of hydrogen-bond acceptors (Lipinski definition) is 18. The molecule has 19 nitrogen and oxygen atoms in total. The van der Waals surface area contributed by atoms with Gasteiger partial charge in [0.15, 0.2) is 18.9 Å². The summed E-state index contributed by atoms with van der Waals surface area (Å²) in [5, 5.41) is 121. The Bertz CT molecular complexity index is 2600. The van der Waals surface area contributed by atoms with Crippen molar-refractivity contribution in [3.05, 3.63) is 134 Å². The van der Waals surface area contributed by atoms with Gasteiger partial charge in [0.25, 0.3) is 0 Å². The molecule has 17 unspecified atom stereocenters. The van der Waals surface area contributed by atoms with Gasteiger partial charge in [0.1, 0.15) is 73.2 Å². The van der Waals surface area contributed by atoms with E-state index in [0.717, 1.165) is 109 Å². The summed E-state index contributed by atoms with van der Waals surface area (Å²) in [6.45, 7) is 1.63. The zero-order valence-corrected chi connectivity index (χ0v) is 71.5. The maximum Gasteiger partial charge on any atom is 0.220 e. The molecule has 0 spiro atoms. The normalized spacial score (nSPS) is 25.2. The van der Waals surface area contributed by atoms with Crippen molar-refractivity contribution in [1.29, 1.82) is 0 Å². The average molecular weight is 1620 g/mol. The van der Waals surface area contributed by atoms with Crippen molar-refractivity contribution in [2.24, 2.45) is 0 Å². The van der Waals surface area contributed by atoms with Gasteiger partial charge in [-0.1, -0.05) is 359 Å². The molecule has 17 atom stereocenters. The van der Waals surface area contributed by atoms with Crippen molar-refractivity contribution in [2.75, 3.05) is 26.4 Å². The van der Waals surface area contributed by atoms with Crippen molar-refractivity contribution in [2.45, 2.75) is 439 Å². The number of ether oxygens (including phenoxy) is 6. The molecule has 12 N–H and O–H groups in total. The smallest absolute Gasteiger partial charge is 0.220 e. The van der Waals surface area contributed by atoms with Crippen LogP contribution in [0.25, 0.3) is 0 Å². The van der Waals surface area contributed by atoms with Crippen LogP contribution in [-0.4, -0.2) is 193 Å². The molecule has 3 heterocycles. The molecule has 0 saturated carbocycles. The van der Waals surface area contributed by atoms with E-state index in [1.54, 1.807) is 6.08 Å². The quantitative estimate of drug-likeness (QED) is 0.0199. The van der Waals surface area contributed by atoms with Crippen molar-refractivity contribution < 1.29 is 89.4 Å². The van der Waals surface area contributed by atoms with Crippen LogP contribution in [0.5, 0.6) is 0 Å². The standard InChI is InChI=1S/C96H165NO18/c1-3-5-7-9-11-13-15-17-19-21-23-25-27-29-31-33-34-35-36-37-38-39-40-41-42-43-44-46-48-50-52-54-56-58-60-62-64-66-68-70-72-74-84(102)97-79(80(101)73-71-69-67-65-63-61-59-57-55-53-51-49-47-45-32-30-28-26-24-22-20-18-16-14-12-10-8-6-4-2)78-110-94-90(108)87(105)92(82(76-99)112-94)115-96-91(109)88(106)93(83(77-100)113-96)114-95-89(107)86(104)85(103)81(75-98)111-95/h5,7,11,13,17,19,23,25,29,31,34-35,37-38,40-41,43-44,63,65,71,73,79-83,85-96,98-101,103-109H,3-4,6,8-10,12,14-16,18,20-22,24,26-28,30,32-33,36,39,42,45-62,64,66-70,72,74-78H2,1-2H3,(H,97,102)/b7-5-,13-11-,19-17-,25-23-,31-29-,35-34-,38-37-,41-40-,44-43-,65-63+,73-71+. The Hall–Kier alpha value is -4.07. The number of carbonyl (C=O) groups is 1. The summed E-state index contributed by atoms with van der Waals surface area (Å²) in [6, 6.07) is -1.00. The number of aliphatic hydroxyl groups excluding tert-OH is 11. The molecule has 3 aliphatic heterocycles. The molecule has 0 bridgehead atoms. The molecule has 115 heavy (non-hydrogen) atoms. The van der Waals surface area contributed by atoms with E-state index >= 15 is 0 Å². The van der Waals surface area contributed by atoms with Crippen LogP contribution in [0, 0.1) is 0 Å². The van der Waals surface area contributed by atoms with Crippen molar-refractivity contribution in [3.8, 4) is 0 Å². The first-order valence-corrected chi connectivity index (χ1v) is 45.9. The summed E-state index contributed by atoms with van der Waals surface area (Å²) < 4.78 is 34.5. The van der Waals surface area contributed by atoms with Gasteiger partial charge in [-0.15, -0.1) is 0 Å². The van der Waals surface area contributed by atoms with Gasteiger partial charge in [0.2, 0.25) is 5.91 Å². The lowest BCUT2D eigenvalue weighted by molar-refractivity contribution is -0.379. The number of aliphatic hydroxyl groups is 11. The van der Waals surface area contributed by atoms with Crippen LogP contribution in [0.1, 0.15) is 335 Å². The molecule has 0 aliphatic carbocycles. The van der Waals surface area contributed by atoms with Crippen LogP contribution in [0.4, 0.5) is 0 Å². The maximum absolute atomic E-state index is 13.5. The number of nitrogens with one attached hydrogen (secondary N) is 1. The highest BCUT2D eigenvalue weighted by Gasteiger charge is 2.54. The zero-order valence-electron chi connectivity index (χ0n) is 71.5. The van der Waals surface area contributed by atoms with E-state index in [1.165, 1.54) is 193 Å². The van der Waals surface area contributed by atoms with Crippen LogP contribution in [0.15, 0.2) is 134 Å². The summed E-state index contributed by atoms with van der Waals surface area (Å²) >= 11 is 0. The number of hydrogen-bond donors (Lipinski definition) is 12. The fourth-order valence-corrected chi connectivity index (χ4v) is 14.7. The lowest BCUT2D eigenvalue weighted by atomic mass is 9.96. The molecule has 1 amide bonds. The van der Waals surface area contributed by atoms with E-state index in [4.69, 9.17) is 28.4 Å². The largest absolute Gasteiger partial charge is 0.394 e. The van der Waals surface area contributed by atoms with Crippen LogP contribution in [0.2, 0.25) is 0 Å². The topological polar surface area (TPSA) is 307 Å². The van der Waals surface area contributed by atoms with Gasteiger partial charge in [0.05, 0.1) is 38.6 Å². The van der Waals surface area contributed by atoms with E-state index in [2.05, 4.69) is 141 Å². The Morgan fingerprint density at radius 1 is 0.322 bits per heavy atom. The molecule has 0 aromatic carbocycles. The van der Waals surface area contributed by atoms with E-state index in [-0.39, 0.29) is 18.9 Å². The number of rotatable bonds is 73. The predicted octanol–water partition coefficient (Wildman–Crippen LogP) is 18.0. The minimum Gasteiger partial charge on any atom is -0.394 e. The lowest BCUT2D eigenvalue weighted by Gasteiger charge is -2.48. The fraction of sp³-hybridized carbons (Fsp3) is 0.760. The first kappa shape index (κ1) is 105. The van der Waals surface area contributed by atoms with E-state index < -0.39 is 124 Å². The Labute approximate surface area is 696 Å². The monoisotopic (exact) mass is 1620 g/mol. The molecule has 0 radical (unpaired) electrons. The number of amides is 1. The van der Waals surface area contributed by atoms with Gasteiger partial charge in [0, 0.05) is 6.42 Å². The lowest BCUT2D eigenvalue weighted by Crippen LogP contribution is -2.66. The maximum atomic E-state index is 13.5. The van der Waals surface area contributed by atoms with Gasteiger partial charge >= 0.3 is 0 Å². The minimum absolute atomic E-state index is 0.227. The van der Waals surface area contributed by atoms with E-state index in [0.29, 0.717) is 12.8 Å². The summed E-state index contributed by atoms with van der Waals surface area (Å²) in [6.07, 6.45) is 80.3. The highest BCUT2D eigenvalue weighted by atomic mass is 16.8. The van der Waals surface area contributed by atoms with Gasteiger partial charge in [-0.3, -0.25) is 4.79 Å². The van der Waals surface area contributed by atoms with Gasteiger partial charge in [-0.05, 0) is 103 Å². The second-order valence-corrected chi connectivity index (χ2v) is 32.0. The van der Waals surface area contributed by atoms with Crippen molar-refractivity contribution >= 4 is 5.91 Å². The zero-order chi connectivity index (χ0) is 83.1. The van der Waals surface area contributed by atoms with Crippen LogP contribution < -0.4 is 5.32 Å². The summed E-state index contributed by atoms with van der Waals surface area (Å²) in [5.41, 5.74) is 0. The Morgan fingerprint density at radius 3 is 0.974 bits per heavy atom. The molecular formula is C96H165NO18. The fourth-order valence-electron chi connectivity index (χ4n) is 14.7. The highest BCUT2D eigenvalue weighted by molar-refractivity contribution is 5.76. The summed E-state index contributed by atoms with van der Waals surface area (Å²) in [7, 11) is 0. The first-order valence-electron chi connectivity index (χ1n) is 45.9. The Balaban J connectivity index is 1.33.